The summed E-state index contributed by atoms with van der Waals surface area (Å²) in [4.78, 5) is 13.2. The minimum Gasteiger partial charge on any atom is -0.480 e. The molecule has 0 aliphatic carbocycles. The fourth-order valence-electron chi connectivity index (χ4n) is 3.21. The average Bonchev–Trinajstić information content (AvgIpc) is 3.19. The van der Waals surface area contributed by atoms with Gasteiger partial charge in [0.2, 0.25) is 0 Å². The second kappa shape index (κ2) is 6.32. The lowest BCUT2D eigenvalue weighted by Gasteiger charge is -2.30. The zero-order valence-electron chi connectivity index (χ0n) is 12.7. The molecular weight excluding hydrogens is 323 g/mol. The summed E-state index contributed by atoms with van der Waals surface area (Å²) in [6.07, 6.45) is -1.89. The van der Waals surface area contributed by atoms with Gasteiger partial charge in [-0.15, -0.1) is 0 Å². The Morgan fingerprint density at radius 2 is 2.08 bits per heavy atom. The lowest BCUT2D eigenvalue weighted by Crippen LogP contribution is -2.39. The van der Waals surface area contributed by atoms with Crippen molar-refractivity contribution in [3.8, 4) is 0 Å². The molecule has 0 spiro atoms. The van der Waals surface area contributed by atoms with Crippen molar-refractivity contribution in [3.05, 3.63) is 59.5 Å². The number of carbonyl (C=O) groups is 1. The van der Waals surface area contributed by atoms with Gasteiger partial charge in [0, 0.05) is 6.54 Å². The molecule has 7 heteroatoms. The molecule has 0 radical (unpaired) electrons. The Kier molecular flexibility index (Phi) is 4.36. The number of carboxylic acids is 1. The van der Waals surface area contributed by atoms with E-state index in [1.165, 1.54) is 12.3 Å². The van der Waals surface area contributed by atoms with Crippen molar-refractivity contribution in [2.75, 3.05) is 6.54 Å². The first kappa shape index (κ1) is 16.6. The van der Waals surface area contributed by atoms with Crippen molar-refractivity contribution in [2.24, 2.45) is 0 Å². The van der Waals surface area contributed by atoms with E-state index in [9.17, 15) is 23.1 Å². The van der Waals surface area contributed by atoms with E-state index >= 15 is 0 Å². The van der Waals surface area contributed by atoms with Gasteiger partial charge < -0.3 is 9.52 Å². The summed E-state index contributed by atoms with van der Waals surface area (Å²) in [7, 11) is 0. The maximum Gasteiger partial charge on any atom is 0.416 e. The molecule has 1 aliphatic heterocycles. The van der Waals surface area contributed by atoms with E-state index in [1.54, 1.807) is 23.1 Å². The molecule has 1 aromatic carbocycles. The Labute approximate surface area is 136 Å². The minimum absolute atomic E-state index is 0.368. The second-order valence-electron chi connectivity index (χ2n) is 5.78. The Balaban J connectivity index is 2.05. The van der Waals surface area contributed by atoms with Crippen molar-refractivity contribution in [3.63, 3.8) is 0 Å². The molecular formula is C17H16F3NO3. The largest absolute Gasteiger partial charge is 0.480 e. The SMILES string of the molecule is O=C(O)C1CCCN1C(c1cccc(C(F)(F)F)c1)c1ccco1. The van der Waals surface area contributed by atoms with Crippen molar-refractivity contribution < 1.29 is 27.5 Å². The number of aliphatic carboxylic acids is 1. The van der Waals surface area contributed by atoms with Gasteiger partial charge >= 0.3 is 12.1 Å². The van der Waals surface area contributed by atoms with Crippen LogP contribution in [-0.4, -0.2) is 28.6 Å². The zero-order chi connectivity index (χ0) is 17.3. The normalized spacial score (nSPS) is 20.2. The Bertz CT molecular complexity index is 712. The van der Waals surface area contributed by atoms with Crippen LogP contribution in [0.4, 0.5) is 13.2 Å². The number of halogens is 3. The number of likely N-dealkylation sites (tertiary alicyclic amines) is 1. The number of alkyl halides is 3. The molecule has 0 amide bonds. The summed E-state index contributed by atoms with van der Waals surface area (Å²) >= 11 is 0. The number of benzene rings is 1. The standard InChI is InChI=1S/C17H16F3NO3/c18-17(19,20)12-5-1-4-11(10-12)15(14-7-3-9-24-14)21-8-2-6-13(21)16(22)23/h1,3-5,7,9-10,13,15H,2,6,8H2,(H,22,23). The predicted octanol–water partition coefficient (Wildman–Crippen LogP) is 3.94. The van der Waals surface area contributed by atoms with Crippen LogP contribution in [0.3, 0.4) is 0 Å². The van der Waals surface area contributed by atoms with Gasteiger partial charge in [-0.2, -0.15) is 13.2 Å². The van der Waals surface area contributed by atoms with Gasteiger partial charge in [0.1, 0.15) is 11.8 Å². The van der Waals surface area contributed by atoms with Gasteiger partial charge in [0.15, 0.2) is 0 Å². The molecule has 2 unspecified atom stereocenters. The highest BCUT2D eigenvalue weighted by Gasteiger charge is 2.39. The fraction of sp³-hybridized carbons (Fsp3) is 0.353. The third kappa shape index (κ3) is 3.17. The van der Waals surface area contributed by atoms with Crippen molar-refractivity contribution in [1.29, 1.82) is 0 Å². The van der Waals surface area contributed by atoms with Gasteiger partial charge in [-0.3, -0.25) is 9.69 Å². The molecule has 24 heavy (non-hydrogen) atoms. The van der Waals surface area contributed by atoms with E-state index in [2.05, 4.69) is 0 Å². The topological polar surface area (TPSA) is 53.7 Å². The predicted molar refractivity (Wildman–Crippen MR) is 79.4 cm³/mol. The van der Waals surface area contributed by atoms with Crippen LogP contribution in [0.5, 0.6) is 0 Å². The number of carboxylic acid groups (broad SMARTS) is 1. The van der Waals surface area contributed by atoms with Gasteiger partial charge in [0.05, 0.1) is 17.9 Å². The zero-order valence-corrected chi connectivity index (χ0v) is 12.7. The third-order valence-electron chi connectivity index (χ3n) is 4.25. The first-order chi connectivity index (χ1) is 11.4. The van der Waals surface area contributed by atoms with E-state index < -0.39 is 29.8 Å². The number of rotatable bonds is 4. The van der Waals surface area contributed by atoms with Crippen LogP contribution < -0.4 is 0 Å². The molecule has 1 fully saturated rings. The summed E-state index contributed by atoms with van der Waals surface area (Å²) in [5.74, 6) is -0.543. The summed E-state index contributed by atoms with van der Waals surface area (Å²) < 4.78 is 44.5. The van der Waals surface area contributed by atoms with E-state index in [4.69, 9.17) is 4.42 Å². The fourth-order valence-corrected chi connectivity index (χ4v) is 3.21. The monoisotopic (exact) mass is 339 g/mol. The highest BCUT2D eigenvalue weighted by Crippen LogP contribution is 2.37. The van der Waals surface area contributed by atoms with Gasteiger partial charge in [-0.25, -0.2) is 0 Å². The van der Waals surface area contributed by atoms with Crippen LogP contribution in [0.1, 0.15) is 35.8 Å². The van der Waals surface area contributed by atoms with E-state index in [0.717, 1.165) is 12.1 Å². The quantitative estimate of drug-likeness (QED) is 0.917. The van der Waals surface area contributed by atoms with Crippen LogP contribution in [0.2, 0.25) is 0 Å². The summed E-state index contributed by atoms with van der Waals surface area (Å²) in [6.45, 7) is 0.485. The molecule has 1 aliphatic rings. The maximum atomic E-state index is 13.0. The van der Waals surface area contributed by atoms with Gasteiger partial charge in [-0.1, -0.05) is 12.1 Å². The maximum absolute atomic E-state index is 13.0. The highest BCUT2D eigenvalue weighted by atomic mass is 19.4. The Morgan fingerprint density at radius 1 is 1.29 bits per heavy atom. The molecule has 0 saturated carbocycles. The summed E-state index contributed by atoms with van der Waals surface area (Å²) in [6, 6.07) is 6.86. The van der Waals surface area contributed by atoms with E-state index in [1.807, 2.05) is 0 Å². The van der Waals surface area contributed by atoms with Gasteiger partial charge in [0.25, 0.3) is 0 Å². The first-order valence-electron chi connectivity index (χ1n) is 7.57. The van der Waals surface area contributed by atoms with E-state index in [-0.39, 0.29) is 0 Å². The van der Waals surface area contributed by atoms with Crippen LogP contribution in [0.25, 0.3) is 0 Å². The molecule has 2 heterocycles. The minimum atomic E-state index is -4.46. The average molecular weight is 339 g/mol. The second-order valence-corrected chi connectivity index (χ2v) is 5.78. The molecule has 0 bridgehead atoms. The Hall–Kier alpha value is -2.28. The first-order valence-corrected chi connectivity index (χ1v) is 7.57. The highest BCUT2D eigenvalue weighted by molar-refractivity contribution is 5.74. The molecule has 2 aromatic rings. The smallest absolute Gasteiger partial charge is 0.416 e. The molecule has 128 valence electrons. The molecule has 3 rings (SSSR count). The van der Waals surface area contributed by atoms with Crippen LogP contribution >= 0.6 is 0 Å². The van der Waals surface area contributed by atoms with Gasteiger partial charge in [-0.05, 0) is 42.7 Å². The number of hydrogen-bond acceptors (Lipinski definition) is 3. The van der Waals surface area contributed by atoms with E-state index in [0.29, 0.717) is 30.7 Å². The lowest BCUT2D eigenvalue weighted by atomic mass is 9.99. The molecule has 1 saturated heterocycles. The van der Waals surface area contributed by atoms with Crippen LogP contribution in [-0.2, 0) is 11.0 Å². The summed E-state index contributed by atoms with van der Waals surface area (Å²) in [5.41, 5.74) is -0.393. The Morgan fingerprint density at radius 3 is 2.71 bits per heavy atom. The van der Waals surface area contributed by atoms with Crippen molar-refractivity contribution >= 4 is 5.97 Å². The van der Waals surface area contributed by atoms with Crippen LogP contribution in [0, 0.1) is 0 Å². The molecule has 1 N–H and O–H groups in total. The number of furan rings is 1. The molecule has 2 atom stereocenters. The summed E-state index contributed by atoms with van der Waals surface area (Å²) in [5, 5.41) is 9.41. The lowest BCUT2D eigenvalue weighted by molar-refractivity contribution is -0.143. The number of nitrogens with zero attached hydrogens (tertiary/aromatic N) is 1. The van der Waals surface area contributed by atoms with Crippen molar-refractivity contribution in [2.45, 2.75) is 31.1 Å². The van der Waals surface area contributed by atoms with Crippen LogP contribution in [0.15, 0.2) is 47.1 Å². The molecule has 1 aromatic heterocycles. The van der Waals surface area contributed by atoms with Crippen molar-refractivity contribution in [1.82, 2.24) is 4.90 Å². The third-order valence-corrected chi connectivity index (χ3v) is 4.25. The molecule has 4 nitrogen and oxygen atoms in total. The number of hydrogen-bond donors (Lipinski definition) is 1.